The van der Waals surface area contributed by atoms with E-state index in [0.717, 1.165) is 11.1 Å². The van der Waals surface area contributed by atoms with Gasteiger partial charge >= 0.3 is 5.69 Å². The third kappa shape index (κ3) is 2.52. The van der Waals surface area contributed by atoms with E-state index in [1.54, 1.807) is 24.3 Å². The van der Waals surface area contributed by atoms with Gasteiger partial charge < -0.3 is 24.8 Å². The molecule has 3 N–H and O–H groups in total. The first kappa shape index (κ1) is 13.4. The molecule has 0 spiro atoms. The number of carbonyl (C=O) groups is 1. The van der Waals surface area contributed by atoms with Gasteiger partial charge in [0.05, 0.1) is 11.0 Å². The summed E-state index contributed by atoms with van der Waals surface area (Å²) in [6, 6.07) is 10.5. The topological polar surface area (TPSA) is 96.2 Å². The van der Waals surface area contributed by atoms with Gasteiger partial charge in [0, 0.05) is 12.1 Å². The molecule has 0 atom stereocenters. The average Bonchev–Trinajstić information content (AvgIpc) is 3.16. The van der Waals surface area contributed by atoms with Crippen LogP contribution in [0.3, 0.4) is 0 Å². The number of benzene rings is 2. The Bertz CT molecular complexity index is 957. The Kier molecular flexibility index (Phi) is 3.04. The Morgan fingerprint density at radius 3 is 2.78 bits per heavy atom. The number of hydrogen-bond acceptors (Lipinski definition) is 4. The van der Waals surface area contributed by atoms with Gasteiger partial charge in [-0.3, -0.25) is 4.79 Å². The van der Waals surface area contributed by atoms with Crippen LogP contribution in [0.2, 0.25) is 0 Å². The molecule has 1 aliphatic heterocycles. The molecule has 116 valence electrons. The molecule has 1 amide bonds. The van der Waals surface area contributed by atoms with E-state index in [1.165, 1.54) is 0 Å². The quantitative estimate of drug-likeness (QED) is 0.683. The Morgan fingerprint density at radius 2 is 1.87 bits per heavy atom. The van der Waals surface area contributed by atoms with E-state index in [9.17, 15) is 9.59 Å². The molecular formula is C16H13N3O4. The van der Waals surface area contributed by atoms with Gasteiger partial charge in [-0.25, -0.2) is 4.79 Å². The molecule has 3 aromatic rings. The molecule has 7 heteroatoms. The van der Waals surface area contributed by atoms with Crippen LogP contribution >= 0.6 is 0 Å². The van der Waals surface area contributed by atoms with Gasteiger partial charge in [-0.2, -0.15) is 0 Å². The Morgan fingerprint density at radius 1 is 1.04 bits per heavy atom. The number of carbonyl (C=O) groups excluding carboxylic acids is 1. The zero-order valence-corrected chi connectivity index (χ0v) is 12.0. The monoisotopic (exact) mass is 311 g/mol. The molecule has 2 heterocycles. The number of nitrogens with one attached hydrogen (secondary N) is 3. The number of rotatable bonds is 3. The van der Waals surface area contributed by atoms with Gasteiger partial charge in [0.1, 0.15) is 0 Å². The summed E-state index contributed by atoms with van der Waals surface area (Å²) in [5.74, 6) is 1.01. The van der Waals surface area contributed by atoms with E-state index < -0.39 is 0 Å². The van der Waals surface area contributed by atoms with Crippen molar-refractivity contribution >= 4 is 16.9 Å². The SMILES string of the molecule is O=C(NCc1ccc2[nH]c(=O)[nH]c2c1)c1ccc2c(c1)OCO2. The van der Waals surface area contributed by atoms with Crippen molar-refractivity contribution < 1.29 is 14.3 Å². The van der Waals surface area contributed by atoms with E-state index in [-0.39, 0.29) is 18.4 Å². The summed E-state index contributed by atoms with van der Waals surface area (Å²) in [6.07, 6.45) is 0. The van der Waals surface area contributed by atoms with Crippen LogP contribution < -0.4 is 20.5 Å². The average molecular weight is 311 g/mol. The lowest BCUT2D eigenvalue weighted by Crippen LogP contribution is -2.22. The van der Waals surface area contributed by atoms with E-state index in [2.05, 4.69) is 15.3 Å². The predicted octanol–water partition coefficient (Wildman–Crippen LogP) is 1.51. The van der Waals surface area contributed by atoms with Gasteiger partial charge in [0.2, 0.25) is 6.79 Å². The van der Waals surface area contributed by atoms with E-state index >= 15 is 0 Å². The fraction of sp³-hybridized carbons (Fsp3) is 0.125. The van der Waals surface area contributed by atoms with Crippen LogP contribution in [0.1, 0.15) is 15.9 Å². The van der Waals surface area contributed by atoms with Crippen LogP contribution in [-0.4, -0.2) is 22.7 Å². The first-order valence-electron chi connectivity index (χ1n) is 7.08. The summed E-state index contributed by atoms with van der Waals surface area (Å²) >= 11 is 0. The predicted molar refractivity (Wildman–Crippen MR) is 82.7 cm³/mol. The van der Waals surface area contributed by atoms with Crippen molar-refractivity contribution in [2.75, 3.05) is 6.79 Å². The number of aromatic amines is 2. The minimum absolute atomic E-state index is 0.176. The molecule has 4 rings (SSSR count). The number of ether oxygens (including phenoxy) is 2. The molecule has 0 fully saturated rings. The highest BCUT2D eigenvalue weighted by atomic mass is 16.7. The smallest absolute Gasteiger partial charge is 0.323 e. The van der Waals surface area contributed by atoms with Gasteiger partial charge in [-0.1, -0.05) is 6.07 Å². The van der Waals surface area contributed by atoms with Crippen LogP contribution in [-0.2, 0) is 6.54 Å². The standard InChI is InChI=1S/C16H13N3O4/c20-15(10-2-4-13-14(6-10)23-8-22-13)17-7-9-1-3-11-12(5-9)19-16(21)18-11/h1-6H,7-8H2,(H,17,20)(H2,18,19,21). The summed E-state index contributed by atoms with van der Waals surface area (Å²) in [6.45, 7) is 0.533. The van der Waals surface area contributed by atoms with Crippen molar-refractivity contribution in [2.24, 2.45) is 0 Å². The highest BCUT2D eigenvalue weighted by molar-refractivity contribution is 5.95. The summed E-state index contributed by atoms with van der Waals surface area (Å²) in [5.41, 5.74) is 2.60. The molecule has 0 radical (unpaired) electrons. The van der Waals surface area contributed by atoms with E-state index in [1.807, 2.05) is 12.1 Å². The number of amides is 1. The zero-order chi connectivity index (χ0) is 15.8. The number of aromatic nitrogens is 2. The number of fused-ring (bicyclic) bond motifs is 2. The minimum atomic E-state index is -0.249. The van der Waals surface area contributed by atoms with Gasteiger partial charge in [0.25, 0.3) is 5.91 Å². The molecule has 0 bridgehead atoms. The summed E-state index contributed by atoms with van der Waals surface area (Å²) in [4.78, 5) is 28.8. The molecule has 0 aliphatic carbocycles. The van der Waals surface area contributed by atoms with Crippen LogP contribution in [0.25, 0.3) is 11.0 Å². The zero-order valence-electron chi connectivity index (χ0n) is 12.0. The normalized spacial score (nSPS) is 12.5. The van der Waals surface area contributed by atoms with Crippen LogP contribution in [0.5, 0.6) is 11.5 Å². The fourth-order valence-corrected chi connectivity index (χ4v) is 2.51. The summed E-state index contributed by atoms with van der Waals surface area (Å²) in [7, 11) is 0. The Balaban J connectivity index is 1.48. The van der Waals surface area contributed by atoms with Crippen molar-refractivity contribution in [3.05, 3.63) is 58.0 Å². The number of hydrogen-bond donors (Lipinski definition) is 3. The number of H-pyrrole nitrogens is 2. The lowest BCUT2D eigenvalue weighted by molar-refractivity contribution is 0.0950. The second kappa shape index (κ2) is 5.20. The van der Waals surface area contributed by atoms with Crippen molar-refractivity contribution in [3.8, 4) is 11.5 Å². The van der Waals surface area contributed by atoms with Crippen molar-refractivity contribution in [1.82, 2.24) is 15.3 Å². The second-order valence-electron chi connectivity index (χ2n) is 5.21. The van der Waals surface area contributed by atoms with Crippen LogP contribution in [0.4, 0.5) is 0 Å². The first-order valence-corrected chi connectivity index (χ1v) is 7.08. The molecule has 7 nitrogen and oxygen atoms in total. The maximum Gasteiger partial charge on any atom is 0.323 e. The third-order valence-corrected chi connectivity index (χ3v) is 3.67. The highest BCUT2D eigenvalue weighted by Crippen LogP contribution is 2.32. The fourth-order valence-electron chi connectivity index (χ4n) is 2.51. The molecule has 1 aromatic heterocycles. The van der Waals surface area contributed by atoms with Crippen molar-refractivity contribution in [1.29, 1.82) is 0 Å². The third-order valence-electron chi connectivity index (χ3n) is 3.67. The molecule has 1 aliphatic rings. The van der Waals surface area contributed by atoms with Crippen LogP contribution in [0.15, 0.2) is 41.2 Å². The summed E-state index contributed by atoms with van der Waals surface area (Å²) < 4.78 is 10.5. The molecule has 2 aromatic carbocycles. The van der Waals surface area contributed by atoms with Crippen molar-refractivity contribution in [2.45, 2.75) is 6.54 Å². The van der Waals surface area contributed by atoms with Crippen LogP contribution in [0, 0.1) is 0 Å². The molecular weight excluding hydrogens is 298 g/mol. The Hall–Kier alpha value is -3.22. The minimum Gasteiger partial charge on any atom is -0.454 e. The molecule has 0 unspecified atom stereocenters. The molecule has 0 saturated heterocycles. The maximum absolute atomic E-state index is 12.2. The number of imidazole rings is 1. The molecule has 0 saturated carbocycles. The highest BCUT2D eigenvalue weighted by Gasteiger charge is 2.16. The van der Waals surface area contributed by atoms with E-state index in [4.69, 9.17) is 9.47 Å². The van der Waals surface area contributed by atoms with Gasteiger partial charge in [0.15, 0.2) is 11.5 Å². The lowest BCUT2D eigenvalue weighted by atomic mass is 10.1. The Labute approximate surface area is 130 Å². The van der Waals surface area contributed by atoms with Gasteiger partial charge in [-0.05, 0) is 35.9 Å². The molecule has 23 heavy (non-hydrogen) atoms. The lowest BCUT2D eigenvalue weighted by Gasteiger charge is -2.06. The van der Waals surface area contributed by atoms with Crippen molar-refractivity contribution in [3.63, 3.8) is 0 Å². The summed E-state index contributed by atoms with van der Waals surface area (Å²) in [5, 5.41) is 2.84. The first-order chi connectivity index (χ1) is 11.2. The maximum atomic E-state index is 12.2. The largest absolute Gasteiger partial charge is 0.454 e. The van der Waals surface area contributed by atoms with Gasteiger partial charge in [-0.15, -0.1) is 0 Å². The van der Waals surface area contributed by atoms with E-state index in [0.29, 0.717) is 29.1 Å². The second-order valence-corrected chi connectivity index (χ2v) is 5.21.